The van der Waals surface area contributed by atoms with Crippen LogP contribution in [0.3, 0.4) is 0 Å². The monoisotopic (exact) mass is 279 g/mol. The highest BCUT2D eigenvalue weighted by Crippen LogP contribution is 2.10. The van der Waals surface area contributed by atoms with Gasteiger partial charge in [0.2, 0.25) is 0 Å². The van der Waals surface area contributed by atoms with Crippen molar-refractivity contribution in [2.24, 2.45) is 0 Å². The molecule has 3 heterocycles. The fraction of sp³-hybridized carbons (Fsp3) is 0.188. The third-order valence-corrected chi connectivity index (χ3v) is 3.17. The highest BCUT2D eigenvalue weighted by atomic mass is 15.1. The van der Waals surface area contributed by atoms with Gasteiger partial charge >= 0.3 is 0 Å². The van der Waals surface area contributed by atoms with E-state index in [4.69, 9.17) is 0 Å². The zero-order valence-corrected chi connectivity index (χ0v) is 11.7. The highest BCUT2D eigenvalue weighted by molar-refractivity contribution is 5.07. The van der Waals surface area contributed by atoms with Gasteiger partial charge in [-0.1, -0.05) is 12.1 Å². The Kier molecular flexibility index (Phi) is 4.33. The second-order valence-corrected chi connectivity index (χ2v) is 4.86. The summed E-state index contributed by atoms with van der Waals surface area (Å²) in [5, 5.41) is 0. The molecule has 0 atom stereocenters. The summed E-state index contributed by atoms with van der Waals surface area (Å²) in [6.07, 6.45) is 7.20. The number of nitrogens with one attached hydrogen (secondary N) is 1. The van der Waals surface area contributed by atoms with Crippen LogP contribution in [0, 0.1) is 0 Å². The molecule has 0 bridgehead atoms. The Morgan fingerprint density at radius 3 is 2.00 bits per heavy atom. The molecule has 0 saturated carbocycles. The SMILES string of the molecule is c1ccc(CN(Cc2ccccn2)Cc2cnc[nH]2)nc1. The average molecular weight is 279 g/mol. The lowest BCUT2D eigenvalue weighted by Crippen LogP contribution is -2.23. The van der Waals surface area contributed by atoms with Crippen LogP contribution < -0.4 is 0 Å². The minimum atomic E-state index is 0.774. The largest absolute Gasteiger partial charge is 0.347 e. The van der Waals surface area contributed by atoms with E-state index in [0.29, 0.717) is 0 Å². The molecule has 5 nitrogen and oxygen atoms in total. The molecule has 3 aromatic rings. The van der Waals surface area contributed by atoms with Crippen LogP contribution in [0.25, 0.3) is 0 Å². The molecule has 0 amide bonds. The van der Waals surface area contributed by atoms with Crippen LogP contribution in [0.1, 0.15) is 17.1 Å². The fourth-order valence-electron chi connectivity index (χ4n) is 2.22. The second kappa shape index (κ2) is 6.76. The molecule has 0 spiro atoms. The minimum absolute atomic E-state index is 0.774. The van der Waals surface area contributed by atoms with Gasteiger partial charge in [0.25, 0.3) is 0 Å². The molecule has 3 aromatic heterocycles. The number of hydrogen-bond acceptors (Lipinski definition) is 4. The molecule has 0 aliphatic heterocycles. The van der Waals surface area contributed by atoms with E-state index < -0.39 is 0 Å². The normalized spacial score (nSPS) is 10.9. The number of rotatable bonds is 6. The third-order valence-electron chi connectivity index (χ3n) is 3.17. The zero-order chi connectivity index (χ0) is 14.3. The summed E-state index contributed by atoms with van der Waals surface area (Å²) in [5.74, 6) is 0. The Balaban J connectivity index is 1.74. The van der Waals surface area contributed by atoms with E-state index in [1.165, 1.54) is 0 Å². The first-order valence-corrected chi connectivity index (χ1v) is 6.89. The van der Waals surface area contributed by atoms with E-state index in [2.05, 4.69) is 24.8 Å². The van der Waals surface area contributed by atoms with E-state index in [9.17, 15) is 0 Å². The number of aromatic amines is 1. The van der Waals surface area contributed by atoms with Crippen molar-refractivity contribution in [1.82, 2.24) is 24.8 Å². The van der Waals surface area contributed by atoms with Crippen molar-refractivity contribution in [2.75, 3.05) is 0 Å². The van der Waals surface area contributed by atoms with Gasteiger partial charge in [0.15, 0.2) is 0 Å². The summed E-state index contributed by atoms with van der Waals surface area (Å²) in [6.45, 7) is 2.33. The standard InChI is InChI=1S/C16H17N5/c1-3-7-18-14(5-1)10-21(12-16-9-17-13-20-16)11-15-6-2-4-8-19-15/h1-9,13H,10-12H2,(H,17,20). The van der Waals surface area contributed by atoms with Gasteiger partial charge < -0.3 is 4.98 Å². The predicted octanol–water partition coefficient (Wildman–Crippen LogP) is 2.40. The fourth-order valence-corrected chi connectivity index (χ4v) is 2.22. The van der Waals surface area contributed by atoms with Gasteiger partial charge in [-0.25, -0.2) is 4.98 Å². The Hall–Kier alpha value is -2.53. The molecule has 0 aliphatic carbocycles. The Morgan fingerprint density at radius 1 is 0.857 bits per heavy atom. The van der Waals surface area contributed by atoms with Gasteiger partial charge in [0, 0.05) is 43.9 Å². The van der Waals surface area contributed by atoms with Crippen molar-refractivity contribution in [3.8, 4) is 0 Å². The molecule has 0 saturated heterocycles. The molecule has 106 valence electrons. The summed E-state index contributed by atoms with van der Waals surface area (Å²) in [6, 6.07) is 12.0. The maximum atomic E-state index is 4.40. The number of pyridine rings is 2. The van der Waals surface area contributed by atoms with Crippen LogP contribution in [0.4, 0.5) is 0 Å². The van der Waals surface area contributed by atoms with E-state index in [1.807, 2.05) is 55.0 Å². The molecule has 0 radical (unpaired) electrons. The molecule has 0 aromatic carbocycles. The third kappa shape index (κ3) is 3.97. The molecule has 0 unspecified atom stereocenters. The molecule has 3 rings (SSSR count). The second-order valence-electron chi connectivity index (χ2n) is 4.86. The van der Waals surface area contributed by atoms with Gasteiger partial charge in [-0.3, -0.25) is 14.9 Å². The minimum Gasteiger partial charge on any atom is -0.347 e. The van der Waals surface area contributed by atoms with Crippen molar-refractivity contribution in [1.29, 1.82) is 0 Å². The van der Waals surface area contributed by atoms with Crippen LogP contribution >= 0.6 is 0 Å². The Labute approximate surface area is 123 Å². The van der Waals surface area contributed by atoms with Crippen molar-refractivity contribution in [2.45, 2.75) is 19.6 Å². The van der Waals surface area contributed by atoms with Crippen LogP contribution in [0.15, 0.2) is 61.3 Å². The Morgan fingerprint density at radius 2 is 1.52 bits per heavy atom. The summed E-state index contributed by atoms with van der Waals surface area (Å²) >= 11 is 0. The topological polar surface area (TPSA) is 57.7 Å². The Bertz CT molecular complexity index is 595. The van der Waals surface area contributed by atoms with Crippen LogP contribution in [0.5, 0.6) is 0 Å². The maximum Gasteiger partial charge on any atom is 0.0922 e. The van der Waals surface area contributed by atoms with Crippen molar-refractivity contribution >= 4 is 0 Å². The van der Waals surface area contributed by atoms with Crippen molar-refractivity contribution in [3.63, 3.8) is 0 Å². The lowest BCUT2D eigenvalue weighted by Gasteiger charge is -2.20. The quantitative estimate of drug-likeness (QED) is 0.752. The van der Waals surface area contributed by atoms with E-state index in [1.54, 1.807) is 6.33 Å². The molecular weight excluding hydrogens is 262 g/mol. The van der Waals surface area contributed by atoms with E-state index in [0.717, 1.165) is 36.7 Å². The highest BCUT2D eigenvalue weighted by Gasteiger charge is 2.10. The summed E-state index contributed by atoms with van der Waals surface area (Å²) in [5.41, 5.74) is 3.18. The molecule has 5 heteroatoms. The molecule has 0 fully saturated rings. The lowest BCUT2D eigenvalue weighted by atomic mass is 10.2. The zero-order valence-electron chi connectivity index (χ0n) is 11.7. The first-order chi connectivity index (χ1) is 10.4. The van der Waals surface area contributed by atoms with Crippen molar-refractivity contribution < 1.29 is 0 Å². The number of hydrogen-bond donors (Lipinski definition) is 1. The number of aromatic nitrogens is 4. The van der Waals surface area contributed by atoms with Crippen molar-refractivity contribution in [3.05, 3.63) is 78.4 Å². The molecule has 1 N–H and O–H groups in total. The lowest BCUT2D eigenvalue weighted by molar-refractivity contribution is 0.239. The van der Waals surface area contributed by atoms with Gasteiger partial charge in [-0.05, 0) is 24.3 Å². The smallest absolute Gasteiger partial charge is 0.0922 e. The van der Waals surface area contributed by atoms with E-state index >= 15 is 0 Å². The van der Waals surface area contributed by atoms with Crippen LogP contribution in [-0.2, 0) is 19.6 Å². The van der Waals surface area contributed by atoms with Crippen LogP contribution in [-0.4, -0.2) is 24.8 Å². The number of H-pyrrole nitrogens is 1. The predicted molar refractivity (Wildman–Crippen MR) is 80.0 cm³/mol. The summed E-state index contributed by atoms with van der Waals surface area (Å²) in [4.78, 5) is 18.3. The molecular formula is C16H17N5. The summed E-state index contributed by atoms with van der Waals surface area (Å²) in [7, 11) is 0. The van der Waals surface area contributed by atoms with Crippen LogP contribution in [0.2, 0.25) is 0 Å². The first-order valence-electron chi connectivity index (χ1n) is 6.89. The number of imidazole rings is 1. The molecule has 0 aliphatic rings. The number of nitrogens with zero attached hydrogens (tertiary/aromatic N) is 4. The molecule has 21 heavy (non-hydrogen) atoms. The van der Waals surface area contributed by atoms with Gasteiger partial charge in [-0.2, -0.15) is 0 Å². The first kappa shape index (κ1) is 13.5. The van der Waals surface area contributed by atoms with E-state index in [-0.39, 0.29) is 0 Å². The van der Waals surface area contributed by atoms with Gasteiger partial charge in [0.05, 0.1) is 17.7 Å². The summed E-state index contributed by atoms with van der Waals surface area (Å²) < 4.78 is 0. The van der Waals surface area contributed by atoms with Gasteiger partial charge in [0.1, 0.15) is 0 Å². The maximum absolute atomic E-state index is 4.40. The van der Waals surface area contributed by atoms with Gasteiger partial charge in [-0.15, -0.1) is 0 Å². The average Bonchev–Trinajstić information content (AvgIpc) is 3.02.